The van der Waals surface area contributed by atoms with Crippen LogP contribution in [0.4, 0.5) is 35.1 Å². The number of benzene rings is 2. The predicted molar refractivity (Wildman–Crippen MR) is 174 cm³/mol. The van der Waals surface area contributed by atoms with Crippen LogP contribution in [0, 0.1) is 11.6 Å². The Labute approximate surface area is 291 Å². The van der Waals surface area contributed by atoms with Crippen molar-refractivity contribution in [1.29, 1.82) is 0 Å². The number of alkyl halides is 6. The summed E-state index contributed by atoms with van der Waals surface area (Å²) in [4.78, 5) is 48.8. The molecule has 9 nitrogen and oxygen atoms in total. The van der Waals surface area contributed by atoms with Crippen LogP contribution in [0.15, 0.2) is 35.1 Å². The summed E-state index contributed by atoms with van der Waals surface area (Å²) >= 11 is 1.10. The van der Waals surface area contributed by atoms with E-state index in [-0.39, 0.29) is 22.6 Å². The van der Waals surface area contributed by atoms with Crippen LogP contribution in [0.1, 0.15) is 56.1 Å². The van der Waals surface area contributed by atoms with Crippen molar-refractivity contribution in [1.82, 2.24) is 20.5 Å². The third-order valence-electron chi connectivity index (χ3n) is 8.14. The summed E-state index contributed by atoms with van der Waals surface area (Å²) in [5.41, 5.74) is 1.82. The van der Waals surface area contributed by atoms with Gasteiger partial charge < -0.3 is 25.6 Å². The molecule has 1 heterocycles. The lowest BCUT2D eigenvalue weighted by Gasteiger charge is -2.32. The van der Waals surface area contributed by atoms with Crippen molar-refractivity contribution in [3.05, 3.63) is 62.8 Å². The summed E-state index contributed by atoms with van der Waals surface area (Å²) < 4.78 is 94.9. The average molecular weight is 755 g/mol. The second kappa shape index (κ2) is 19.1. The molecule has 0 saturated heterocycles. The van der Waals surface area contributed by atoms with E-state index in [2.05, 4.69) is 15.6 Å². The SMILES string of the molecule is O=C(C(=O)C(F)(F)F)C(F)(F)F.O=C(CCNCCc1cc(F)ccc1F)N(CCNCCc1ccc(O)c2[nH]c(=O)sc12)C1CCCCCC1. The fourth-order valence-corrected chi connectivity index (χ4v) is 6.47. The molecule has 51 heavy (non-hydrogen) atoms. The van der Waals surface area contributed by atoms with Gasteiger partial charge in [0.1, 0.15) is 22.9 Å². The van der Waals surface area contributed by atoms with Crippen molar-refractivity contribution in [3.63, 3.8) is 0 Å². The molecule has 1 amide bonds. The molecule has 0 aliphatic heterocycles. The summed E-state index contributed by atoms with van der Waals surface area (Å²) in [7, 11) is 0. The molecule has 0 spiro atoms. The van der Waals surface area contributed by atoms with Crippen molar-refractivity contribution < 1.29 is 54.6 Å². The largest absolute Gasteiger partial charge is 0.506 e. The van der Waals surface area contributed by atoms with Gasteiger partial charge in [-0.15, -0.1) is 0 Å². The highest BCUT2D eigenvalue weighted by molar-refractivity contribution is 7.16. The highest BCUT2D eigenvalue weighted by atomic mass is 32.1. The minimum Gasteiger partial charge on any atom is -0.506 e. The number of thiazole rings is 1. The van der Waals surface area contributed by atoms with Gasteiger partial charge in [0.05, 0.1) is 4.70 Å². The zero-order chi connectivity index (χ0) is 37.8. The average Bonchev–Trinajstić information content (AvgIpc) is 3.27. The van der Waals surface area contributed by atoms with Crippen LogP contribution in [-0.4, -0.2) is 83.6 Å². The molecule has 4 N–H and O–H groups in total. The number of hydrogen-bond donors (Lipinski definition) is 4. The second-order valence-corrected chi connectivity index (χ2v) is 12.8. The lowest BCUT2D eigenvalue weighted by molar-refractivity contribution is -0.193. The van der Waals surface area contributed by atoms with Gasteiger partial charge in [-0.25, -0.2) is 8.78 Å². The van der Waals surface area contributed by atoms with Crippen LogP contribution in [0.3, 0.4) is 0 Å². The molecule has 1 aliphatic carbocycles. The summed E-state index contributed by atoms with van der Waals surface area (Å²) in [5, 5.41) is 16.6. The Morgan fingerprint density at radius 2 is 1.41 bits per heavy atom. The molecule has 0 bridgehead atoms. The van der Waals surface area contributed by atoms with Crippen LogP contribution in [-0.2, 0) is 27.2 Å². The van der Waals surface area contributed by atoms with E-state index in [1.54, 1.807) is 6.07 Å². The zero-order valence-corrected chi connectivity index (χ0v) is 28.1. The zero-order valence-electron chi connectivity index (χ0n) is 27.3. The Morgan fingerprint density at radius 1 is 0.824 bits per heavy atom. The first-order chi connectivity index (χ1) is 24.0. The van der Waals surface area contributed by atoms with Crippen LogP contribution in [0.5, 0.6) is 5.75 Å². The number of nitrogens with one attached hydrogen (secondary N) is 3. The van der Waals surface area contributed by atoms with Crippen molar-refractivity contribution in [3.8, 4) is 5.75 Å². The number of fused-ring (bicyclic) bond motifs is 1. The number of Topliss-reactive ketones (excluding diaryl/α,β-unsaturated/α-hetero) is 2. The molecule has 1 saturated carbocycles. The quantitative estimate of drug-likeness (QED) is 0.0716. The molecular formula is C33H38F8N4O5S. The number of phenols is 1. The highest BCUT2D eigenvalue weighted by Gasteiger charge is 2.54. The lowest BCUT2D eigenvalue weighted by Crippen LogP contribution is -2.45. The van der Waals surface area contributed by atoms with Crippen molar-refractivity contribution in [2.75, 3.05) is 32.7 Å². The molecule has 3 aromatic rings. The Kier molecular flexibility index (Phi) is 15.5. The van der Waals surface area contributed by atoms with Gasteiger partial charge in [-0.2, -0.15) is 26.3 Å². The van der Waals surface area contributed by atoms with Gasteiger partial charge >= 0.3 is 28.8 Å². The van der Waals surface area contributed by atoms with Gasteiger partial charge in [0.2, 0.25) is 5.91 Å². The molecule has 2 aromatic carbocycles. The first kappa shape index (κ1) is 41.5. The fourth-order valence-electron chi connectivity index (χ4n) is 5.58. The van der Waals surface area contributed by atoms with E-state index < -0.39 is 35.6 Å². The van der Waals surface area contributed by atoms with Crippen LogP contribution in [0.25, 0.3) is 10.2 Å². The molecule has 0 atom stereocenters. The number of phenolic OH excluding ortho intramolecular Hbond substituents is 1. The van der Waals surface area contributed by atoms with Crippen molar-refractivity contribution in [2.45, 2.75) is 76.2 Å². The molecule has 1 aromatic heterocycles. The number of aromatic hydroxyl groups is 1. The number of H-pyrrole nitrogens is 1. The van der Waals surface area contributed by atoms with E-state index in [1.165, 1.54) is 18.9 Å². The van der Waals surface area contributed by atoms with Crippen LogP contribution in [0.2, 0.25) is 0 Å². The number of rotatable bonds is 14. The maximum atomic E-state index is 13.8. The number of hydrogen-bond acceptors (Lipinski definition) is 8. The van der Waals surface area contributed by atoms with E-state index in [9.17, 15) is 59.4 Å². The van der Waals surface area contributed by atoms with Crippen LogP contribution < -0.4 is 15.5 Å². The summed E-state index contributed by atoms with van der Waals surface area (Å²) in [6.07, 6.45) is -3.38. The molecular weight excluding hydrogens is 716 g/mol. The molecule has 18 heteroatoms. The van der Waals surface area contributed by atoms with E-state index in [4.69, 9.17) is 0 Å². The number of aromatic amines is 1. The molecule has 4 rings (SSSR count). The maximum Gasteiger partial charge on any atom is 0.458 e. The minimum atomic E-state index is -5.77. The number of ketones is 2. The first-order valence-electron chi connectivity index (χ1n) is 16.2. The van der Waals surface area contributed by atoms with E-state index in [0.717, 1.165) is 59.4 Å². The molecule has 0 unspecified atom stereocenters. The summed E-state index contributed by atoms with van der Waals surface area (Å²) in [5.74, 6) is -7.49. The van der Waals surface area contributed by atoms with E-state index in [1.807, 2.05) is 11.0 Å². The van der Waals surface area contributed by atoms with Gasteiger partial charge in [0.15, 0.2) is 0 Å². The van der Waals surface area contributed by atoms with Crippen molar-refractivity contribution >= 4 is 39.0 Å². The standard InChI is InChI=1S/C29H38F2N4O3S.C4F6O2/c30-22-8-9-24(31)21(19-22)12-15-32-16-13-26(37)35(23-5-3-1-2-4-6-23)18-17-33-14-11-20-7-10-25(36)27-28(20)39-29(38)34-27;5-3(6,7)1(11)2(12)4(8,9)10/h7-10,19,23,32-33,36H,1-6,11-18H2,(H,34,38);. The normalized spacial score (nSPS) is 14.1. The van der Waals surface area contributed by atoms with Gasteiger partial charge in [0.25, 0.3) is 0 Å². The second-order valence-electron chi connectivity index (χ2n) is 11.8. The third-order valence-corrected chi connectivity index (χ3v) is 9.10. The summed E-state index contributed by atoms with van der Waals surface area (Å²) in [6.45, 7) is 2.94. The van der Waals surface area contributed by atoms with Gasteiger partial charge in [-0.3, -0.25) is 19.2 Å². The smallest absolute Gasteiger partial charge is 0.458 e. The monoisotopic (exact) mass is 754 g/mol. The van der Waals surface area contributed by atoms with Gasteiger partial charge in [-0.05, 0) is 74.2 Å². The lowest BCUT2D eigenvalue weighted by atomic mass is 10.1. The first-order valence-corrected chi connectivity index (χ1v) is 17.0. The Morgan fingerprint density at radius 3 is 2.02 bits per heavy atom. The molecule has 1 aliphatic rings. The fraction of sp³-hybridized carbons (Fsp3) is 0.515. The Balaban J connectivity index is 0.000000501. The van der Waals surface area contributed by atoms with Crippen molar-refractivity contribution in [2.24, 2.45) is 0 Å². The number of carbonyl (C=O) groups excluding carboxylic acids is 3. The minimum absolute atomic E-state index is 0.0771. The topological polar surface area (TPSA) is 132 Å². The Hall–Kier alpha value is -3.90. The number of amides is 1. The predicted octanol–water partition coefficient (Wildman–Crippen LogP) is 5.73. The molecule has 1 fully saturated rings. The van der Waals surface area contributed by atoms with Gasteiger partial charge in [-0.1, -0.05) is 43.1 Å². The molecule has 0 radical (unpaired) electrons. The third kappa shape index (κ3) is 13.0. The number of nitrogens with zero attached hydrogens (tertiary/aromatic N) is 1. The van der Waals surface area contributed by atoms with Gasteiger partial charge in [0, 0.05) is 32.1 Å². The highest BCUT2D eigenvalue weighted by Crippen LogP contribution is 2.28. The number of aromatic nitrogens is 1. The van der Waals surface area contributed by atoms with Crippen LogP contribution >= 0.6 is 11.3 Å². The number of carbonyl (C=O) groups is 3. The summed E-state index contributed by atoms with van der Waals surface area (Å²) in [6, 6.07) is 7.17. The Bertz CT molecular complexity index is 1660. The molecule has 282 valence electrons. The number of halogens is 8. The van der Waals surface area contributed by atoms with E-state index >= 15 is 0 Å². The maximum absolute atomic E-state index is 13.8. The van der Waals surface area contributed by atoms with E-state index in [0.29, 0.717) is 63.1 Å².